The Labute approximate surface area is 154 Å². The molecule has 1 aliphatic heterocycles. The molecule has 27 heavy (non-hydrogen) atoms. The number of methoxy groups -OCH3 is 1. The van der Waals surface area contributed by atoms with Gasteiger partial charge in [-0.25, -0.2) is 0 Å². The Morgan fingerprint density at radius 2 is 1.81 bits per heavy atom. The fourth-order valence-corrected chi connectivity index (χ4v) is 3.12. The molecule has 0 bridgehead atoms. The summed E-state index contributed by atoms with van der Waals surface area (Å²) in [5.74, 6) is 0.183. The van der Waals surface area contributed by atoms with Gasteiger partial charge >= 0.3 is 0 Å². The summed E-state index contributed by atoms with van der Waals surface area (Å²) in [4.78, 5) is 12.7. The molecule has 6 heteroatoms. The number of phenolic OH excluding ortho intramolecular Hbond substituents is 1. The van der Waals surface area contributed by atoms with Gasteiger partial charge in [0.15, 0.2) is 11.3 Å². The first-order valence-corrected chi connectivity index (χ1v) is 8.39. The zero-order valence-corrected chi connectivity index (χ0v) is 15.1. The Bertz CT molecular complexity index is 1140. The first-order chi connectivity index (χ1) is 12.8. The second-order valence-corrected chi connectivity index (χ2v) is 6.89. The van der Waals surface area contributed by atoms with Crippen LogP contribution in [0.25, 0.3) is 28.4 Å². The standard InChI is InChI=1S/C21H18O6/c1-21(2)9-8-13-15(27-21)10-14(22)16-17(23)18(24)19(26-20(13)16)11-4-6-12(25-3)7-5-11/h4-10,22,24H,1-3H3. The number of benzene rings is 2. The average molecular weight is 366 g/mol. The monoisotopic (exact) mass is 366 g/mol. The molecule has 0 amide bonds. The van der Waals surface area contributed by atoms with Crippen molar-refractivity contribution in [2.75, 3.05) is 7.11 Å². The fraction of sp³-hybridized carbons (Fsp3) is 0.190. The van der Waals surface area contributed by atoms with Crippen molar-refractivity contribution < 1.29 is 24.1 Å². The van der Waals surface area contributed by atoms with Crippen LogP contribution in [0, 0.1) is 0 Å². The summed E-state index contributed by atoms with van der Waals surface area (Å²) in [6.45, 7) is 3.76. The molecule has 6 nitrogen and oxygen atoms in total. The molecule has 138 valence electrons. The largest absolute Gasteiger partial charge is 0.507 e. The van der Waals surface area contributed by atoms with Gasteiger partial charge in [-0.05, 0) is 50.3 Å². The number of rotatable bonds is 2. The van der Waals surface area contributed by atoms with Crippen LogP contribution in [-0.2, 0) is 0 Å². The lowest BCUT2D eigenvalue weighted by Gasteiger charge is -2.28. The van der Waals surface area contributed by atoms with Crippen LogP contribution in [0.5, 0.6) is 23.0 Å². The van der Waals surface area contributed by atoms with E-state index in [-0.39, 0.29) is 22.5 Å². The van der Waals surface area contributed by atoms with Crippen molar-refractivity contribution in [3.63, 3.8) is 0 Å². The van der Waals surface area contributed by atoms with Crippen LogP contribution >= 0.6 is 0 Å². The molecule has 1 aromatic heterocycles. The van der Waals surface area contributed by atoms with E-state index in [2.05, 4.69) is 0 Å². The van der Waals surface area contributed by atoms with Crippen molar-refractivity contribution in [1.29, 1.82) is 0 Å². The lowest BCUT2D eigenvalue weighted by Crippen LogP contribution is -2.27. The average Bonchev–Trinajstić information content (AvgIpc) is 2.63. The zero-order valence-electron chi connectivity index (χ0n) is 15.1. The van der Waals surface area contributed by atoms with Crippen molar-refractivity contribution in [3.05, 3.63) is 52.2 Å². The number of ether oxygens (including phenoxy) is 2. The van der Waals surface area contributed by atoms with Crippen LogP contribution in [0.3, 0.4) is 0 Å². The maximum absolute atomic E-state index is 12.7. The van der Waals surface area contributed by atoms with E-state index >= 15 is 0 Å². The number of fused-ring (bicyclic) bond motifs is 3. The molecule has 0 unspecified atom stereocenters. The van der Waals surface area contributed by atoms with E-state index in [4.69, 9.17) is 13.9 Å². The highest BCUT2D eigenvalue weighted by atomic mass is 16.5. The van der Waals surface area contributed by atoms with Gasteiger partial charge < -0.3 is 24.1 Å². The molecule has 0 fully saturated rings. The molecule has 0 spiro atoms. The summed E-state index contributed by atoms with van der Waals surface area (Å²) in [7, 11) is 1.55. The Hall–Kier alpha value is -3.41. The van der Waals surface area contributed by atoms with Gasteiger partial charge in [0.05, 0.1) is 12.7 Å². The summed E-state index contributed by atoms with van der Waals surface area (Å²) in [6.07, 6.45) is 3.63. The van der Waals surface area contributed by atoms with Crippen molar-refractivity contribution in [2.45, 2.75) is 19.4 Å². The van der Waals surface area contributed by atoms with E-state index in [1.54, 1.807) is 37.5 Å². The third kappa shape index (κ3) is 2.70. The van der Waals surface area contributed by atoms with E-state index in [1.165, 1.54) is 6.07 Å². The predicted octanol–water partition coefficient (Wildman–Crippen LogP) is 4.06. The maximum Gasteiger partial charge on any atom is 0.238 e. The van der Waals surface area contributed by atoms with Gasteiger partial charge in [-0.1, -0.05) is 0 Å². The smallest absolute Gasteiger partial charge is 0.238 e. The first kappa shape index (κ1) is 17.0. The van der Waals surface area contributed by atoms with E-state index in [1.807, 2.05) is 19.9 Å². The van der Waals surface area contributed by atoms with Gasteiger partial charge in [-0.3, -0.25) is 4.79 Å². The van der Waals surface area contributed by atoms with Gasteiger partial charge in [-0.2, -0.15) is 0 Å². The number of hydrogen-bond acceptors (Lipinski definition) is 6. The fourth-order valence-electron chi connectivity index (χ4n) is 3.12. The summed E-state index contributed by atoms with van der Waals surface area (Å²) in [6, 6.07) is 8.11. The van der Waals surface area contributed by atoms with Crippen LogP contribution < -0.4 is 14.9 Å². The lowest BCUT2D eigenvalue weighted by atomic mass is 9.99. The van der Waals surface area contributed by atoms with Crippen molar-refractivity contribution in [1.82, 2.24) is 0 Å². The SMILES string of the molecule is COc1ccc(-c2oc3c4c(cc(O)c3c(=O)c2O)OC(C)(C)C=C4)cc1. The van der Waals surface area contributed by atoms with Crippen LogP contribution in [0.2, 0.25) is 0 Å². The molecule has 0 aliphatic carbocycles. The molecule has 1 aliphatic rings. The molecule has 0 atom stereocenters. The lowest BCUT2D eigenvalue weighted by molar-refractivity contribution is 0.158. The molecule has 0 saturated carbocycles. The summed E-state index contributed by atoms with van der Waals surface area (Å²) >= 11 is 0. The zero-order chi connectivity index (χ0) is 19.3. The Kier molecular flexibility index (Phi) is 3.66. The number of phenols is 1. The Morgan fingerprint density at radius 1 is 1.11 bits per heavy atom. The van der Waals surface area contributed by atoms with Crippen LogP contribution in [0.15, 0.2) is 45.6 Å². The quantitative estimate of drug-likeness (QED) is 0.711. The van der Waals surface area contributed by atoms with E-state index in [0.29, 0.717) is 22.6 Å². The molecular formula is C21H18O6. The normalized spacial score (nSPS) is 14.6. The molecule has 0 saturated heterocycles. The summed E-state index contributed by atoms with van der Waals surface area (Å²) in [5, 5.41) is 20.6. The third-order valence-corrected chi connectivity index (χ3v) is 4.50. The molecule has 3 aromatic rings. The molecule has 4 rings (SSSR count). The van der Waals surface area contributed by atoms with Crippen LogP contribution in [-0.4, -0.2) is 22.9 Å². The van der Waals surface area contributed by atoms with Gasteiger partial charge in [0.1, 0.15) is 28.2 Å². The van der Waals surface area contributed by atoms with E-state index in [0.717, 1.165) is 0 Å². The second kappa shape index (κ2) is 5.81. The van der Waals surface area contributed by atoms with Gasteiger partial charge in [-0.15, -0.1) is 0 Å². The van der Waals surface area contributed by atoms with Crippen molar-refractivity contribution in [3.8, 4) is 34.3 Å². The minimum absolute atomic E-state index is 0.0150. The molecule has 2 heterocycles. The third-order valence-electron chi connectivity index (χ3n) is 4.50. The second-order valence-electron chi connectivity index (χ2n) is 6.89. The maximum atomic E-state index is 12.7. The van der Waals surface area contributed by atoms with E-state index in [9.17, 15) is 15.0 Å². The summed E-state index contributed by atoms with van der Waals surface area (Å²) in [5.41, 5.74) is -0.0613. The van der Waals surface area contributed by atoms with E-state index < -0.39 is 16.8 Å². The van der Waals surface area contributed by atoms with Gasteiger partial charge in [0.25, 0.3) is 0 Å². The van der Waals surface area contributed by atoms with Gasteiger partial charge in [0.2, 0.25) is 11.2 Å². The molecule has 2 aromatic carbocycles. The number of hydrogen-bond donors (Lipinski definition) is 2. The van der Waals surface area contributed by atoms with Crippen molar-refractivity contribution >= 4 is 17.0 Å². The van der Waals surface area contributed by atoms with Crippen LogP contribution in [0.4, 0.5) is 0 Å². The highest BCUT2D eigenvalue weighted by Gasteiger charge is 2.28. The molecular weight excluding hydrogens is 348 g/mol. The summed E-state index contributed by atoms with van der Waals surface area (Å²) < 4.78 is 16.9. The topological polar surface area (TPSA) is 89.1 Å². The Morgan fingerprint density at radius 3 is 2.48 bits per heavy atom. The predicted molar refractivity (Wildman–Crippen MR) is 102 cm³/mol. The number of aromatic hydroxyl groups is 2. The minimum atomic E-state index is -0.708. The Balaban J connectivity index is 2.03. The minimum Gasteiger partial charge on any atom is -0.507 e. The highest BCUT2D eigenvalue weighted by molar-refractivity contribution is 5.95. The molecule has 0 radical (unpaired) electrons. The van der Waals surface area contributed by atoms with Crippen LogP contribution in [0.1, 0.15) is 19.4 Å². The van der Waals surface area contributed by atoms with Crippen molar-refractivity contribution in [2.24, 2.45) is 0 Å². The molecule has 2 N–H and O–H groups in total. The van der Waals surface area contributed by atoms with Gasteiger partial charge in [0, 0.05) is 11.6 Å². The highest BCUT2D eigenvalue weighted by Crippen LogP contribution is 2.42. The first-order valence-electron chi connectivity index (χ1n) is 8.39.